The Morgan fingerprint density at radius 2 is 2.00 bits per heavy atom. The van der Waals surface area contributed by atoms with Gasteiger partial charge in [-0.3, -0.25) is 4.72 Å². The Labute approximate surface area is 102 Å². The molecule has 0 unspecified atom stereocenters. The van der Waals surface area contributed by atoms with Gasteiger partial charge in [0.15, 0.2) is 0 Å². The molecule has 0 atom stereocenters. The van der Waals surface area contributed by atoms with Gasteiger partial charge in [-0.25, -0.2) is 18.4 Å². The predicted molar refractivity (Wildman–Crippen MR) is 63.1 cm³/mol. The molecule has 0 aliphatic carbocycles. The van der Waals surface area contributed by atoms with E-state index in [9.17, 15) is 8.42 Å². The number of nitrogens with one attached hydrogen (secondary N) is 1. The van der Waals surface area contributed by atoms with Crippen LogP contribution in [0.5, 0.6) is 0 Å². The molecule has 0 amide bonds. The number of rotatable bonds is 4. The second-order valence-electron chi connectivity index (χ2n) is 3.11. The van der Waals surface area contributed by atoms with E-state index in [0.29, 0.717) is 10.6 Å². The Hall–Kier alpha value is -1.51. The van der Waals surface area contributed by atoms with Gasteiger partial charge < -0.3 is 5.11 Å². The number of hydrogen-bond acceptors (Lipinski definition) is 6. The van der Waals surface area contributed by atoms with Crippen LogP contribution in [0.4, 0.5) is 5.69 Å². The van der Waals surface area contributed by atoms with E-state index in [1.165, 1.54) is 24.8 Å². The number of sulfonamides is 1. The number of thiophene rings is 1. The molecule has 2 heterocycles. The summed E-state index contributed by atoms with van der Waals surface area (Å²) in [6.45, 7) is -0.172. The van der Waals surface area contributed by atoms with Crippen molar-refractivity contribution in [1.29, 1.82) is 0 Å². The van der Waals surface area contributed by atoms with Crippen molar-refractivity contribution in [2.75, 3.05) is 4.72 Å². The highest BCUT2D eigenvalue weighted by atomic mass is 32.2. The number of hydrogen-bond donors (Lipinski definition) is 2. The fourth-order valence-corrected chi connectivity index (χ4v) is 3.39. The van der Waals surface area contributed by atoms with E-state index in [2.05, 4.69) is 14.7 Å². The Morgan fingerprint density at radius 3 is 2.59 bits per heavy atom. The molecule has 2 N–H and O–H groups in total. The minimum atomic E-state index is -3.63. The number of aliphatic hydroxyl groups excluding tert-OH is 1. The zero-order valence-electron chi connectivity index (χ0n) is 8.57. The van der Waals surface area contributed by atoms with Crippen LogP contribution in [0.3, 0.4) is 0 Å². The van der Waals surface area contributed by atoms with Gasteiger partial charge in [-0.15, -0.1) is 11.3 Å². The average Bonchev–Trinajstić information content (AvgIpc) is 2.79. The number of aromatic nitrogens is 2. The summed E-state index contributed by atoms with van der Waals surface area (Å²) in [5.41, 5.74) is 0.298. The van der Waals surface area contributed by atoms with E-state index in [4.69, 9.17) is 5.11 Å². The van der Waals surface area contributed by atoms with Gasteiger partial charge in [0.05, 0.1) is 24.7 Å². The van der Waals surface area contributed by atoms with Crippen LogP contribution in [0.25, 0.3) is 0 Å². The smallest absolute Gasteiger partial charge is 0.271 e. The van der Waals surface area contributed by atoms with Gasteiger partial charge in [0, 0.05) is 4.88 Å². The van der Waals surface area contributed by atoms with Gasteiger partial charge in [0.1, 0.15) is 10.5 Å². The van der Waals surface area contributed by atoms with Crippen LogP contribution in [0.15, 0.2) is 35.1 Å². The van der Waals surface area contributed by atoms with E-state index in [1.54, 1.807) is 6.07 Å². The van der Waals surface area contributed by atoms with E-state index in [0.717, 1.165) is 11.3 Å². The summed E-state index contributed by atoms with van der Waals surface area (Å²) >= 11 is 1.02. The zero-order chi connectivity index (χ0) is 12.3. The molecule has 0 fully saturated rings. The standard InChI is InChI=1S/C9H9N3O3S2/c13-5-8-1-2-9(16-8)17(14,15)12-7-3-10-6-11-4-7/h1-4,6,12-13H,5H2. The fourth-order valence-electron chi connectivity index (χ4n) is 1.14. The lowest BCUT2D eigenvalue weighted by molar-refractivity contribution is 0.285. The van der Waals surface area contributed by atoms with Crippen LogP contribution in [0, 0.1) is 0 Å². The van der Waals surface area contributed by atoms with Crippen LogP contribution in [0.2, 0.25) is 0 Å². The third-order valence-corrected chi connectivity index (χ3v) is 4.81. The Kier molecular flexibility index (Phi) is 3.36. The van der Waals surface area contributed by atoms with Crippen molar-refractivity contribution in [1.82, 2.24) is 9.97 Å². The number of nitrogens with zero attached hydrogens (tertiary/aromatic N) is 2. The van der Waals surface area contributed by atoms with Gasteiger partial charge in [-0.2, -0.15) is 0 Å². The topological polar surface area (TPSA) is 92.2 Å². The lowest BCUT2D eigenvalue weighted by Crippen LogP contribution is -2.11. The first-order valence-corrected chi connectivity index (χ1v) is 6.89. The fraction of sp³-hybridized carbons (Fsp3) is 0.111. The molecule has 0 saturated carbocycles. The molecular weight excluding hydrogens is 262 g/mol. The maximum atomic E-state index is 11.9. The van der Waals surface area contributed by atoms with Crippen LogP contribution < -0.4 is 4.72 Å². The highest BCUT2D eigenvalue weighted by Crippen LogP contribution is 2.23. The second-order valence-corrected chi connectivity index (χ2v) is 6.19. The van der Waals surface area contributed by atoms with Gasteiger partial charge in [0.25, 0.3) is 10.0 Å². The third-order valence-electron chi connectivity index (χ3n) is 1.87. The zero-order valence-corrected chi connectivity index (χ0v) is 10.2. The Balaban J connectivity index is 2.25. The normalized spacial score (nSPS) is 11.4. The lowest BCUT2D eigenvalue weighted by Gasteiger charge is -2.04. The van der Waals surface area contributed by atoms with Crippen molar-refractivity contribution >= 4 is 27.0 Å². The summed E-state index contributed by atoms with van der Waals surface area (Å²) < 4.78 is 26.3. The first kappa shape index (κ1) is 12.0. The largest absolute Gasteiger partial charge is 0.391 e. The molecule has 90 valence electrons. The molecular formula is C9H9N3O3S2. The Bertz CT molecular complexity index is 595. The molecule has 17 heavy (non-hydrogen) atoms. The molecule has 2 aromatic heterocycles. The molecule has 0 spiro atoms. The highest BCUT2D eigenvalue weighted by Gasteiger charge is 2.16. The molecule has 0 radical (unpaired) electrons. The SMILES string of the molecule is O=S(=O)(Nc1cncnc1)c1ccc(CO)s1. The first-order chi connectivity index (χ1) is 8.12. The van der Waals surface area contributed by atoms with Crippen molar-refractivity contribution in [2.45, 2.75) is 10.8 Å². The van der Waals surface area contributed by atoms with Gasteiger partial charge in [0.2, 0.25) is 0 Å². The third kappa shape index (κ3) is 2.78. The minimum Gasteiger partial charge on any atom is -0.391 e. The summed E-state index contributed by atoms with van der Waals surface area (Å²) in [5.74, 6) is 0. The van der Waals surface area contributed by atoms with Crippen molar-refractivity contribution in [3.05, 3.63) is 35.7 Å². The van der Waals surface area contributed by atoms with Crippen LogP contribution in [0.1, 0.15) is 4.88 Å². The van der Waals surface area contributed by atoms with E-state index >= 15 is 0 Å². The van der Waals surface area contributed by atoms with E-state index in [1.807, 2.05) is 0 Å². The predicted octanol–water partition coefficient (Wildman–Crippen LogP) is 0.831. The molecule has 2 aromatic rings. The van der Waals surface area contributed by atoms with E-state index in [-0.39, 0.29) is 10.8 Å². The molecule has 0 aromatic carbocycles. The molecule has 0 aliphatic rings. The molecule has 8 heteroatoms. The van der Waals surface area contributed by atoms with Crippen LogP contribution >= 0.6 is 11.3 Å². The quantitative estimate of drug-likeness (QED) is 0.859. The summed E-state index contributed by atoms with van der Waals surface area (Å²) in [7, 11) is -3.63. The first-order valence-electron chi connectivity index (χ1n) is 4.59. The van der Waals surface area contributed by atoms with Crippen molar-refractivity contribution in [3.8, 4) is 0 Å². The number of anilines is 1. The summed E-state index contributed by atoms with van der Waals surface area (Å²) in [6.07, 6.45) is 4.04. The maximum Gasteiger partial charge on any atom is 0.271 e. The average molecular weight is 271 g/mol. The van der Waals surface area contributed by atoms with Crippen molar-refractivity contribution < 1.29 is 13.5 Å². The molecule has 0 saturated heterocycles. The summed E-state index contributed by atoms with van der Waals surface area (Å²) in [5, 5.41) is 8.88. The second kappa shape index (κ2) is 4.78. The molecule has 0 bridgehead atoms. The minimum absolute atomic E-state index is 0.144. The van der Waals surface area contributed by atoms with Gasteiger partial charge in [-0.05, 0) is 12.1 Å². The monoisotopic (exact) mass is 271 g/mol. The van der Waals surface area contributed by atoms with Crippen LogP contribution in [-0.4, -0.2) is 23.5 Å². The van der Waals surface area contributed by atoms with Crippen molar-refractivity contribution in [2.24, 2.45) is 0 Å². The Morgan fingerprint density at radius 1 is 1.29 bits per heavy atom. The van der Waals surface area contributed by atoms with Gasteiger partial charge >= 0.3 is 0 Å². The van der Waals surface area contributed by atoms with E-state index < -0.39 is 10.0 Å². The lowest BCUT2D eigenvalue weighted by atomic mass is 10.5. The molecule has 2 rings (SSSR count). The van der Waals surface area contributed by atoms with Gasteiger partial charge in [-0.1, -0.05) is 0 Å². The highest BCUT2D eigenvalue weighted by molar-refractivity contribution is 7.94. The molecule has 0 aliphatic heterocycles. The maximum absolute atomic E-state index is 11.9. The molecule has 6 nitrogen and oxygen atoms in total. The van der Waals surface area contributed by atoms with Crippen molar-refractivity contribution in [3.63, 3.8) is 0 Å². The summed E-state index contributed by atoms with van der Waals surface area (Å²) in [4.78, 5) is 8.01. The van der Waals surface area contributed by atoms with Crippen LogP contribution in [-0.2, 0) is 16.6 Å². The number of aliphatic hydroxyl groups is 1. The summed E-state index contributed by atoms with van der Waals surface area (Å²) in [6, 6.07) is 3.02.